The summed E-state index contributed by atoms with van der Waals surface area (Å²) < 4.78 is 0. The highest BCUT2D eigenvalue weighted by Gasteiger charge is 2.09. The highest BCUT2D eigenvalue weighted by molar-refractivity contribution is 14.0. The summed E-state index contributed by atoms with van der Waals surface area (Å²) in [5.41, 5.74) is 5.54. The Kier molecular flexibility index (Phi) is 8.59. The molecule has 0 aliphatic carbocycles. The molecule has 0 heterocycles. The molecule has 1 amide bonds. The molecule has 0 unspecified atom stereocenters. The maximum absolute atomic E-state index is 11.2. The van der Waals surface area contributed by atoms with E-state index in [2.05, 4.69) is 10.3 Å². The molecular formula is C10H23IN4O. The van der Waals surface area contributed by atoms with E-state index in [1.54, 1.807) is 19.0 Å². The molecule has 0 spiro atoms. The lowest BCUT2D eigenvalue weighted by molar-refractivity contribution is -0.128. The monoisotopic (exact) mass is 342 g/mol. The van der Waals surface area contributed by atoms with Crippen LogP contribution in [-0.4, -0.2) is 42.9 Å². The van der Waals surface area contributed by atoms with Crippen LogP contribution in [0.1, 0.15) is 27.2 Å². The summed E-state index contributed by atoms with van der Waals surface area (Å²) in [6, 6.07) is 0. The first-order chi connectivity index (χ1) is 6.72. The zero-order valence-corrected chi connectivity index (χ0v) is 13.0. The molecule has 0 aromatic rings. The molecule has 6 heteroatoms. The summed E-state index contributed by atoms with van der Waals surface area (Å²) in [4.78, 5) is 16.8. The summed E-state index contributed by atoms with van der Waals surface area (Å²) >= 11 is 0. The van der Waals surface area contributed by atoms with E-state index in [4.69, 9.17) is 5.73 Å². The maximum Gasteiger partial charge on any atom is 0.223 e. The fourth-order valence-electron chi connectivity index (χ4n) is 0.919. The van der Waals surface area contributed by atoms with Crippen molar-refractivity contribution in [3.8, 4) is 0 Å². The quantitative estimate of drug-likeness (QED) is 0.453. The van der Waals surface area contributed by atoms with Crippen molar-refractivity contribution >= 4 is 35.8 Å². The number of halogens is 1. The number of carbonyl (C=O) groups is 1. The number of nitrogens with one attached hydrogen (secondary N) is 1. The molecule has 96 valence electrons. The Hall–Kier alpha value is -0.530. The number of guanidine groups is 1. The van der Waals surface area contributed by atoms with Crippen LogP contribution in [0, 0.1) is 0 Å². The molecule has 0 aromatic heterocycles. The first-order valence-electron chi connectivity index (χ1n) is 5.00. The van der Waals surface area contributed by atoms with Gasteiger partial charge in [0.15, 0.2) is 5.96 Å². The Morgan fingerprint density at radius 1 is 1.38 bits per heavy atom. The Balaban J connectivity index is 0. The summed E-state index contributed by atoms with van der Waals surface area (Å²) in [5.74, 6) is 0.441. The van der Waals surface area contributed by atoms with Crippen molar-refractivity contribution in [2.45, 2.75) is 32.7 Å². The number of hydrogen-bond acceptors (Lipinski definition) is 2. The molecule has 0 aliphatic rings. The van der Waals surface area contributed by atoms with Crippen LogP contribution < -0.4 is 11.1 Å². The highest BCUT2D eigenvalue weighted by atomic mass is 127. The van der Waals surface area contributed by atoms with Crippen molar-refractivity contribution < 1.29 is 4.79 Å². The van der Waals surface area contributed by atoms with Gasteiger partial charge in [-0.1, -0.05) is 0 Å². The fraction of sp³-hybridized carbons (Fsp3) is 0.800. The van der Waals surface area contributed by atoms with Gasteiger partial charge in [-0.25, -0.2) is 0 Å². The third-order valence-corrected chi connectivity index (χ3v) is 1.61. The minimum atomic E-state index is -0.0981. The molecule has 0 saturated heterocycles. The summed E-state index contributed by atoms with van der Waals surface area (Å²) in [6.07, 6.45) is 0.388. The molecule has 0 fully saturated rings. The summed E-state index contributed by atoms with van der Waals surface area (Å²) in [7, 11) is 3.45. The third kappa shape index (κ3) is 10.0. The van der Waals surface area contributed by atoms with Crippen LogP contribution in [0.15, 0.2) is 4.99 Å². The van der Waals surface area contributed by atoms with Gasteiger partial charge in [-0.3, -0.25) is 9.79 Å². The highest BCUT2D eigenvalue weighted by Crippen LogP contribution is 1.97. The number of rotatable bonds is 3. The van der Waals surface area contributed by atoms with Crippen LogP contribution >= 0.6 is 24.0 Å². The lowest BCUT2D eigenvalue weighted by atomic mass is 10.1. The Morgan fingerprint density at radius 3 is 2.25 bits per heavy atom. The molecule has 5 nitrogen and oxygen atoms in total. The van der Waals surface area contributed by atoms with E-state index >= 15 is 0 Å². The van der Waals surface area contributed by atoms with Gasteiger partial charge < -0.3 is 16.0 Å². The van der Waals surface area contributed by atoms with Gasteiger partial charge >= 0.3 is 0 Å². The average molecular weight is 342 g/mol. The van der Waals surface area contributed by atoms with Gasteiger partial charge in [-0.2, -0.15) is 0 Å². The van der Waals surface area contributed by atoms with Crippen LogP contribution in [0.2, 0.25) is 0 Å². The van der Waals surface area contributed by atoms with E-state index in [0.717, 1.165) is 0 Å². The molecule has 16 heavy (non-hydrogen) atoms. The molecule has 0 saturated carbocycles. The Bertz CT molecular complexity index is 246. The van der Waals surface area contributed by atoms with Crippen molar-refractivity contribution in [2.75, 3.05) is 20.6 Å². The number of carbonyl (C=O) groups excluding carboxylic acids is 1. The van der Waals surface area contributed by atoms with Crippen LogP contribution in [-0.2, 0) is 4.79 Å². The summed E-state index contributed by atoms with van der Waals surface area (Å²) in [6.45, 7) is 6.42. The second-order valence-electron chi connectivity index (χ2n) is 4.68. The zero-order chi connectivity index (χ0) is 12.1. The van der Waals surface area contributed by atoms with Crippen molar-refractivity contribution in [3.05, 3.63) is 0 Å². The predicted octanol–water partition coefficient (Wildman–Crippen LogP) is 0.785. The van der Waals surface area contributed by atoms with Gasteiger partial charge in [0.05, 0.1) is 6.54 Å². The predicted molar refractivity (Wildman–Crippen MR) is 78.1 cm³/mol. The molecule has 0 aromatic carbocycles. The maximum atomic E-state index is 11.2. The van der Waals surface area contributed by atoms with Crippen LogP contribution in [0.5, 0.6) is 0 Å². The standard InChI is InChI=1S/C10H22N4O.HI/c1-10(2,3)13-9(11)12-7-6-8(15)14(4)5;/h6-7H2,1-5H3,(H3,11,12,13);1H. The van der Waals surface area contributed by atoms with Gasteiger partial charge in [0, 0.05) is 26.1 Å². The van der Waals surface area contributed by atoms with Crippen molar-refractivity contribution in [2.24, 2.45) is 10.7 Å². The third-order valence-electron chi connectivity index (χ3n) is 1.61. The van der Waals surface area contributed by atoms with Gasteiger partial charge in [0.1, 0.15) is 0 Å². The second-order valence-corrected chi connectivity index (χ2v) is 4.68. The van der Waals surface area contributed by atoms with Crippen LogP contribution in [0.4, 0.5) is 0 Å². The lowest BCUT2D eigenvalue weighted by Crippen LogP contribution is -2.45. The number of nitrogens with two attached hydrogens (primary N) is 1. The molecule has 0 rings (SSSR count). The molecule has 0 aliphatic heterocycles. The van der Waals surface area contributed by atoms with Gasteiger partial charge in [-0.15, -0.1) is 24.0 Å². The van der Waals surface area contributed by atoms with Crippen molar-refractivity contribution in [1.82, 2.24) is 10.2 Å². The molecule has 0 bridgehead atoms. The van der Waals surface area contributed by atoms with E-state index in [1.807, 2.05) is 20.8 Å². The number of hydrogen-bond donors (Lipinski definition) is 2. The summed E-state index contributed by atoms with van der Waals surface area (Å²) in [5, 5.41) is 3.02. The minimum Gasteiger partial charge on any atom is -0.370 e. The van der Waals surface area contributed by atoms with Crippen molar-refractivity contribution in [1.29, 1.82) is 0 Å². The smallest absolute Gasteiger partial charge is 0.223 e. The lowest BCUT2D eigenvalue weighted by Gasteiger charge is -2.21. The zero-order valence-electron chi connectivity index (χ0n) is 10.7. The van der Waals surface area contributed by atoms with E-state index in [9.17, 15) is 4.79 Å². The van der Waals surface area contributed by atoms with Crippen LogP contribution in [0.3, 0.4) is 0 Å². The van der Waals surface area contributed by atoms with Crippen LogP contribution in [0.25, 0.3) is 0 Å². The van der Waals surface area contributed by atoms with Gasteiger partial charge in [0.2, 0.25) is 5.91 Å². The largest absolute Gasteiger partial charge is 0.370 e. The number of amides is 1. The van der Waals surface area contributed by atoms with Crippen molar-refractivity contribution in [3.63, 3.8) is 0 Å². The number of aliphatic imine (C=N–C) groups is 1. The Morgan fingerprint density at radius 2 is 1.88 bits per heavy atom. The first-order valence-corrected chi connectivity index (χ1v) is 5.00. The van der Waals surface area contributed by atoms with E-state index in [-0.39, 0.29) is 35.4 Å². The first kappa shape index (κ1) is 17.9. The normalized spacial score (nSPS) is 11.7. The van der Waals surface area contributed by atoms with Gasteiger partial charge in [-0.05, 0) is 20.8 Å². The molecular weight excluding hydrogens is 319 g/mol. The Labute approximate surface area is 115 Å². The minimum absolute atomic E-state index is 0. The number of nitrogens with zero attached hydrogens (tertiary/aromatic N) is 2. The molecule has 0 atom stereocenters. The van der Waals surface area contributed by atoms with E-state index in [0.29, 0.717) is 18.9 Å². The average Bonchev–Trinajstić information content (AvgIpc) is 2.00. The fourth-order valence-corrected chi connectivity index (χ4v) is 0.919. The SMILES string of the molecule is CN(C)C(=O)CCN=C(N)NC(C)(C)C.I. The topological polar surface area (TPSA) is 70.7 Å². The van der Waals surface area contributed by atoms with E-state index in [1.165, 1.54) is 0 Å². The molecule has 3 N–H and O–H groups in total. The second kappa shape index (κ2) is 7.70. The van der Waals surface area contributed by atoms with E-state index < -0.39 is 0 Å². The van der Waals surface area contributed by atoms with Gasteiger partial charge in [0.25, 0.3) is 0 Å². The molecule has 0 radical (unpaired) electrons.